The minimum Gasteiger partial charge on any atom is -0.309 e. The average Bonchev–Trinajstić information content (AvgIpc) is 2.23. The van der Waals surface area contributed by atoms with Crippen LogP contribution in [0, 0.1) is 0 Å². The zero-order valence-corrected chi connectivity index (χ0v) is 13.0. The average molecular weight is 289 g/mol. The largest absolute Gasteiger partial charge is 0.309 e. The van der Waals surface area contributed by atoms with Gasteiger partial charge in [-0.2, -0.15) is 0 Å². The molecule has 0 fully saturated rings. The van der Waals surface area contributed by atoms with Crippen molar-refractivity contribution in [2.45, 2.75) is 13.3 Å². The van der Waals surface area contributed by atoms with Crippen LogP contribution in [0.15, 0.2) is 9.98 Å². The Morgan fingerprint density at radius 1 is 1.24 bits per heavy atom. The van der Waals surface area contributed by atoms with Crippen LogP contribution in [0.1, 0.15) is 13.3 Å². The van der Waals surface area contributed by atoms with Crippen molar-refractivity contribution < 1.29 is 4.84 Å². The van der Waals surface area contributed by atoms with Gasteiger partial charge >= 0.3 is 0 Å². The summed E-state index contributed by atoms with van der Waals surface area (Å²) < 4.78 is 0. The van der Waals surface area contributed by atoms with Gasteiger partial charge < -0.3 is 9.74 Å². The Kier molecular flexibility index (Phi) is 37.5. The minimum atomic E-state index is 0. The molecule has 5 nitrogen and oxygen atoms in total. The molecule has 0 aliphatic heterocycles. The molecule has 0 aromatic carbocycles. The van der Waals surface area contributed by atoms with Crippen molar-refractivity contribution in [3.05, 3.63) is 0 Å². The first-order valence-electron chi connectivity index (χ1n) is 5.11. The quantitative estimate of drug-likeness (QED) is 0.460. The van der Waals surface area contributed by atoms with Crippen LogP contribution < -0.4 is 5.48 Å². The first-order chi connectivity index (χ1) is 7.18. The number of rotatable bonds is 6. The summed E-state index contributed by atoms with van der Waals surface area (Å²) >= 11 is 0. The standard InChI is InChI=1S/C8H17N3.C2H7NO.2ClH/c1-4-9-8-10-6-5-7-11(2)3;1-3-4-2;;/h4-7H2,1-3H3;3H,1-2H3;2*1H. The summed E-state index contributed by atoms with van der Waals surface area (Å²) in [5.41, 5.74) is 2.43. The Balaban J connectivity index is -0.000000123. The predicted octanol–water partition coefficient (Wildman–Crippen LogP) is 1.74. The van der Waals surface area contributed by atoms with Crippen LogP contribution in [-0.4, -0.2) is 58.8 Å². The van der Waals surface area contributed by atoms with E-state index >= 15 is 0 Å². The first-order valence-corrected chi connectivity index (χ1v) is 5.11. The molecular weight excluding hydrogens is 263 g/mol. The molecule has 0 amide bonds. The van der Waals surface area contributed by atoms with Crippen molar-refractivity contribution in [3.63, 3.8) is 0 Å². The number of nitrogens with one attached hydrogen (secondary N) is 1. The van der Waals surface area contributed by atoms with Gasteiger partial charge in [0, 0.05) is 13.6 Å². The third kappa shape index (κ3) is 38.8. The first kappa shape index (κ1) is 25.6. The van der Waals surface area contributed by atoms with Crippen LogP contribution >= 0.6 is 24.8 Å². The highest BCUT2D eigenvalue weighted by atomic mass is 35.5. The summed E-state index contributed by atoms with van der Waals surface area (Å²) in [6, 6.07) is 2.64. The summed E-state index contributed by atoms with van der Waals surface area (Å²) in [6.07, 6.45) is 1.08. The van der Waals surface area contributed by atoms with Gasteiger partial charge in [-0.05, 0) is 34.0 Å². The Labute approximate surface area is 118 Å². The van der Waals surface area contributed by atoms with E-state index in [1.54, 1.807) is 14.2 Å². The van der Waals surface area contributed by atoms with Crippen LogP contribution in [0.4, 0.5) is 0 Å². The third-order valence-electron chi connectivity index (χ3n) is 1.38. The number of hydrogen-bond donors (Lipinski definition) is 1. The second kappa shape index (κ2) is 24.9. The van der Waals surface area contributed by atoms with E-state index in [2.05, 4.69) is 45.3 Å². The molecule has 106 valence electrons. The van der Waals surface area contributed by atoms with Gasteiger partial charge in [0.2, 0.25) is 0 Å². The van der Waals surface area contributed by atoms with E-state index in [0.29, 0.717) is 0 Å². The van der Waals surface area contributed by atoms with Gasteiger partial charge in [0.05, 0.1) is 19.7 Å². The third-order valence-corrected chi connectivity index (χ3v) is 1.38. The summed E-state index contributed by atoms with van der Waals surface area (Å²) in [4.78, 5) is 14.3. The summed E-state index contributed by atoms with van der Waals surface area (Å²) in [6.45, 7) is 4.67. The van der Waals surface area contributed by atoms with Crippen LogP contribution in [0.25, 0.3) is 0 Å². The van der Waals surface area contributed by atoms with Gasteiger partial charge in [0.15, 0.2) is 0 Å². The van der Waals surface area contributed by atoms with Crippen LogP contribution in [0.2, 0.25) is 0 Å². The molecule has 0 aromatic rings. The normalized spacial score (nSPS) is 7.88. The number of halogens is 2. The number of nitrogens with zero attached hydrogens (tertiary/aromatic N) is 3. The van der Waals surface area contributed by atoms with E-state index in [0.717, 1.165) is 26.1 Å². The van der Waals surface area contributed by atoms with Crippen LogP contribution in [-0.2, 0) is 4.84 Å². The summed E-state index contributed by atoms with van der Waals surface area (Å²) in [5, 5.41) is 0. The molecule has 0 radical (unpaired) electrons. The predicted molar refractivity (Wildman–Crippen MR) is 79.0 cm³/mol. The fourth-order valence-electron chi connectivity index (χ4n) is 0.637. The lowest BCUT2D eigenvalue weighted by molar-refractivity contribution is 0.112. The Morgan fingerprint density at radius 2 is 1.76 bits per heavy atom. The fraction of sp³-hybridized carbons (Fsp3) is 0.900. The maximum atomic E-state index is 4.29. The molecule has 0 atom stereocenters. The number of aliphatic imine (C=N–C) groups is 2. The Morgan fingerprint density at radius 3 is 2.12 bits per heavy atom. The molecule has 17 heavy (non-hydrogen) atoms. The van der Waals surface area contributed by atoms with Crippen molar-refractivity contribution in [1.29, 1.82) is 0 Å². The van der Waals surface area contributed by atoms with Crippen molar-refractivity contribution in [2.24, 2.45) is 9.98 Å². The molecule has 0 spiro atoms. The molecule has 0 aliphatic rings. The lowest BCUT2D eigenvalue weighted by Gasteiger charge is -2.05. The summed E-state index contributed by atoms with van der Waals surface area (Å²) in [7, 11) is 7.40. The lowest BCUT2D eigenvalue weighted by atomic mass is 10.4. The number of hydroxylamine groups is 1. The van der Waals surface area contributed by atoms with Crippen LogP contribution in [0.5, 0.6) is 0 Å². The zero-order chi connectivity index (χ0) is 11.9. The van der Waals surface area contributed by atoms with E-state index in [-0.39, 0.29) is 24.8 Å². The van der Waals surface area contributed by atoms with Gasteiger partial charge in [-0.25, -0.2) is 15.5 Å². The molecule has 7 heteroatoms. The van der Waals surface area contributed by atoms with Gasteiger partial charge in [-0.3, -0.25) is 0 Å². The van der Waals surface area contributed by atoms with Crippen molar-refractivity contribution in [1.82, 2.24) is 10.4 Å². The molecule has 0 aliphatic carbocycles. The van der Waals surface area contributed by atoms with E-state index < -0.39 is 0 Å². The van der Waals surface area contributed by atoms with E-state index in [1.807, 2.05) is 6.92 Å². The maximum absolute atomic E-state index is 4.29. The molecule has 0 aromatic heterocycles. The topological polar surface area (TPSA) is 49.2 Å². The second-order valence-electron chi connectivity index (χ2n) is 3.02. The number of hydrogen-bond acceptors (Lipinski definition) is 5. The lowest BCUT2D eigenvalue weighted by Crippen LogP contribution is -2.13. The molecule has 0 bridgehead atoms. The summed E-state index contributed by atoms with van der Waals surface area (Å²) in [5.74, 6) is 0. The second-order valence-corrected chi connectivity index (χ2v) is 3.02. The smallest absolute Gasteiger partial charge is 0.0892 e. The molecular formula is C10H26Cl2N4O. The van der Waals surface area contributed by atoms with Gasteiger partial charge in [0.25, 0.3) is 0 Å². The van der Waals surface area contributed by atoms with Gasteiger partial charge in [-0.1, -0.05) is 0 Å². The Hall–Kier alpha value is -0.160. The van der Waals surface area contributed by atoms with Crippen molar-refractivity contribution in [3.8, 4) is 0 Å². The monoisotopic (exact) mass is 288 g/mol. The molecule has 0 saturated carbocycles. The van der Waals surface area contributed by atoms with E-state index in [4.69, 9.17) is 0 Å². The van der Waals surface area contributed by atoms with Gasteiger partial charge in [-0.15, -0.1) is 24.8 Å². The van der Waals surface area contributed by atoms with E-state index in [1.165, 1.54) is 0 Å². The Bertz CT molecular complexity index is 172. The van der Waals surface area contributed by atoms with Crippen molar-refractivity contribution in [2.75, 3.05) is 47.9 Å². The van der Waals surface area contributed by atoms with Crippen molar-refractivity contribution >= 4 is 30.8 Å². The zero-order valence-electron chi connectivity index (χ0n) is 11.4. The van der Waals surface area contributed by atoms with Gasteiger partial charge in [0.1, 0.15) is 0 Å². The SMILES string of the molecule is CCN=C=NCCCN(C)C.CNOC.Cl.Cl. The molecule has 0 saturated heterocycles. The maximum Gasteiger partial charge on any atom is 0.0892 e. The van der Waals surface area contributed by atoms with E-state index in [9.17, 15) is 0 Å². The molecule has 0 unspecified atom stereocenters. The molecule has 1 N–H and O–H groups in total. The molecule has 0 rings (SSSR count). The van der Waals surface area contributed by atoms with Crippen LogP contribution in [0.3, 0.4) is 0 Å². The highest BCUT2D eigenvalue weighted by Gasteiger charge is 1.86. The highest BCUT2D eigenvalue weighted by Crippen LogP contribution is 1.82. The molecule has 0 heterocycles. The highest BCUT2D eigenvalue weighted by molar-refractivity contribution is 5.85. The fourth-order valence-corrected chi connectivity index (χ4v) is 0.637. The minimum absolute atomic E-state index is 0.